The average molecular weight is 284 g/mol. The van der Waals surface area contributed by atoms with Gasteiger partial charge in [0.15, 0.2) is 0 Å². The Balaban J connectivity index is 1.67. The van der Waals surface area contributed by atoms with Crippen LogP contribution in [0.5, 0.6) is 5.75 Å². The Bertz CT molecular complexity index is 553. The summed E-state index contributed by atoms with van der Waals surface area (Å²) in [5.41, 5.74) is 2.12. The first-order chi connectivity index (χ1) is 10.3. The van der Waals surface area contributed by atoms with Crippen LogP contribution in [-0.4, -0.2) is 26.1 Å². The van der Waals surface area contributed by atoms with E-state index in [0.717, 1.165) is 17.9 Å². The monoisotopic (exact) mass is 284 g/mol. The van der Waals surface area contributed by atoms with Crippen LogP contribution >= 0.6 is 0 Å². The lowest BCUT2D eigenvalue weighted by atomic mass is 10.1. The summed E-state index contributed by atoms with van der Waals surface area (Å²) >= 11 is 0. The molecule has 110 valence electrons. The number of amides is 1. The molecule has 0 bridgehead atoms. The molecule has 0 radical (unpaired) electrons. The summed E-state index contributed by atoms with van der Waals surface area (Å²) in [5, 5.41) is 5.97. The van der Waals surface area contributed by atoms with Crippen molar-refractivity contribution in [1.82, 2.24) is 5.32 Å². The fourth-order valence-corrected chi connectivity index (χ4v) is 1.94. The zero-order valence-electron chi connectivity index (χ0n) is 12.1. The summed E-state index contributed by atoms with van der Waals surface area (Å²) < 4.78 is 5.08. The highest BCUT2D eigenvalue weighted by molar-refractivity contribution is 5.80. The Morgan fingerprint density at radius 1 is 1.05 bits per heavy atom. The number of hydrogen-bond acceptors (Lipinski definition) is 3. The minimum Gasteiger partial charge on any atom is -0.497 e. The third-order valence-corrected chi connectivity index (χ3v) is 3.12. The van der Waals surface area contributed by atoms with Gasteiger partial charge < -0.3 is 15.4 Å². The largest absolute Gasteiger partial charge is 0.497 e. The first-order valence-corrected chi connectivity index (χ1v) is 6.96. The van der Waals surface area contributed by atoms with E-state index in [2.05, 4.69) is 22.8 Å². The predicted octanol–water partition coefficient (Wildman–Crippen LogP) is 2.47. The van der Waals surface area contributed by atoms with Gasteiger partial charge in [-0.25, -0.2) is 0 Å². The highest BCUT2D eigenvalue weighted by atomic mass is 16.5. The van der Waals surface area contributed by atoms with E-state index in [-0.39, 0.29) is 12.5 Å². The molecule has 0 fully saturated rings. The molecule has 0 aromatic heterocycles. The van der Waals surface area contributed by atoms with E-state index in [9.17, 15) is 4.79 Å². The summed E-state index contributed by atoms with van der Waals surface area (Å²) in [7, 11) is 1.63. The Hall–Kier alpha value is -2.49. The van der Waals surface area contributed by atoms with Gasteiger partial charge in [0.25, 0.3) is 0 Å². The number of ether oxygens (including phenoxy) is 1. The SMILES string of the molecule is COc1ccc(NCC(=O)NCCc2ccccc2)cc1. The Labute approximate surface area is 125 Å². The lowest BCUT2D eigenvalue weighted by Crippen LogP contribution is -2.31. The number of rotatable bonds is 7. The molecule has 0 saturated carbocycles. The quantitative estimate of drug-likeness (QED) is 0.821. The summed E-state index contributed by atoms with van der Waals surface area (Å²) in [6.07, 6.45) is 0.842. The molecule has 0 unspecified atom stereocenters. The van der Waals surface area contributed by atoms with Gasteiger partial charge >= 0.3 is 0 Å². The molecule has 0 heterocycles. The summed E-state index contributed by atoms with van der Waals surface area (Å²) in [5.74, 6) is 0.787. The van der Waals surface area contributed by atoms with Crippen molar-refractivity contribution in [2.24, 2.45) is 0 Å². The Morgan fingerprint density at radius 2 is 1.76 bits per heavy atom. The van der Waals surface area contributed by atoms with Crippen LogP contribution in [0, 0.1) is 0 Å². The first kappa shape index (κ1) is 14.9. The Morgan fingerprint density at radius 3 is 2.43 bits per heavy atom. The van der Waals surface area contributed by atoms with Gasteiger partial charge in [0.2, 0.25) is 5.91 Å². The third-order valence-electron chi connectivity index (χ3n) is 3.12. The molecular formula is C17H20N2O2. The highest BCUT2D eigenvalue weighted by Crippen LogP contribution is 2.14. The molecule has 2 N–H and O–H groups in total. The smallest absolute Gasteiger partial charge is 0.239 e. The number of carbonyl (C=O) groups excluding carboxylic acids is 1. The lowest BCUT2D eigenvalue weighted by Gasteiger charge is -2.08. The molecule has 1 amide bonds. The number of hydrogen-bond donors (Lipinski definition) is 2. The normalized spacial score (nSPS) is 9.95. The summed E-state index contributed by atoms with van der Waals surface area (Å²) in [6.45, 7) is 0.911. The maximum absolute atomic E-state index is 11.7. The predicted molar refractivity (Wildman–Crippen MR) is 84.6 cm³/mol. The zero-order valence-corrected chi connectivity index (χ0v) is 12.1. The molecule has 0 atom stereocenters. The maximum atomic E-state index is 11.7. The number of nitrogens with one attached hydrogen (secondary N) is 2. The molecule has 2 aromatic rings. The van der Waals surface area contributed by atoms with Crippen molar-refractivity contribution in [2.45, 2.75) is 6.42 Å². The topological polar surface area (TPSA) is 50.4 Å². The molecule has 4 nitrogen and oxygen atoms in total. The van der Waals surface area contributed by atoms with Gasteiger partial charge in [-0.2, -0.15) is 0 Å². The van der Waals surface area contributed by atoms with Gasteiger partial charge in [0, 0.05) is 12.2 Å². The summed E-state index contributed by atoms with van der Waals surface area (Å²) in [6, 6.07) is 17.6. The fraction of sp³-hybridized carbons (Fsp3) is 0.235. The van der Waals surface area contributed by atoms with Gasteiger partial charge in [-0.15, -0.1) is 0 Å². The van der Waals surface area contributed by atoms with E-state index >= 15 is 0 Å². The van der Waals surface area contributed by atoms with E-state index < -0.39 is 0 Å². The van der Waals surface area contributed by atoms with Gasteiger partial charge in [-0.3, -0.25) is 4.79 Å². The molecular weight excluding hydrogens is 264 g/mol. The van der Waals surface area contributed by atoms with Crippen LogP contribution in [0.4, 0.5) is 5.69 Å². The van der Waals surface area contributed by atoms with E-state index in [1.54, 1.807) is 7.11 Å². The van der Waals surface area contributed by atoms with Gasteiger partial charge in [-0.05, 0) is 36.2 Å². The second-order valence-electron chi connectivity index (χ2n) is 4.67. The summed E-state index contributed by atoms with van der Waals surface area (Å²) in [4.78, 5) is 11.7. The molecule has 2 aromatic carbocycles. The molecule has 0 spiro atoms. The first-order valence-electron chi connectivity index (χ1n) is 6.96. The van der Waals surface area contributed by atoms with Crippen molar-refractivity contribution in [1.29, 1.82) is 0 Å². The number of methoxy groups -OCH3 is 1. The lowest BCUT2D eigenvalue weighted by molar-refractivity contribution is -0.119. The van der Waals surface area contributed by atoms with E-state index in [4.69, 9.17) is 4.74 Å². The van der Waals surface area contributed by atoms with Gasteiger partial charge in [-0.1, -0.05) is 30.3 Å². The van der Waals surface area contributed by atoms with Crippen LogP contribution < -0.4 is 15.4 Å². The van der Waals surface area contributed by atoms with Crippen molar-refractivity contribution in [3.8, 4) is 5.75 Å². The average Bonchev–Trinajstić information content (AvgIpc) is 2.54. The Kier molecular flexibility index (Phi) is 5.64. The van der Waals surface area contributed by atoms with Crippen LogP contribution in [0.1, 0.15) is 5.56 Å². The van der Waals surface area contributed by atoms with Crippen molar-refractivity contribution < 1.29 is 9.53 Å². The van der Waals surface area contributed by atoms with E-state index in [0.29, 0.717) is 6.54 Å². The molecule has 0 aliphatic rings. The van der Waals surface area contributed by atoms with Crippen molar-refractivity contribution in [3.05, 3.63) is 60.2 Å². The van der Waals surface area contributed by atoms with Gasteiger partial charge in [0.05, 0.1) is 13.7 Å². The van der Waals surface area contributed by atoms with Crippen LogP contribution in [0.3, 0.4) is 0 Å². The molecule has 0 saturated heterocycles. The van der Waals surface area contributed by atoms with Crippen molar-refractivity contribution in [2.75, 3.05) is 25.5 Å². The molecule has 0 aliphatic carbocycles. The molecule has 2 rings (SSSR count). The minimum atomic E-state index is -0.0123. The molecule has 21 heavy (non-hydrogen) atoms. The van der Waals surface area contributed by atoms with E-state index in [1.807, 2.05) is 42.5 Å². The third kappa shape index (κ3) is 5.18. The van der Waals surface area contributed by atoms with E-state index in [1.165, 1.54) is 5.56 Å². The van der Waals surface area contributed by atoms with Crippen molar-refractivity contribution in [3.63, 3.8) is 0 Å². The maximum Gasteiger partial charge on any atom is 0.239 e. The second kappa shape index (κ2) is 7.94. The van der Waals surface area contributed by atoms with Crippen LogP contribution in [-0.2, 0) is 11.2 Å². The van der Waals surface area contributed by atoms with Crippen LogP contribution in [0.15, 0.2) is 54.6 Å². The number of anilines is 1. The number of benzene rings is 2. The second-order valence-corrected chi connectivity index (χ2v) is 4.67. The van der Waals surface area contributed by atoms with Crippen molar-refractivity contribution >= 4 is 11.6 Å². The molecule has 0 aliphatic heterocycles. The zero-order chi connectivity index (χ0) is 14.9. The standard InChI is InChI=1S/C17H20N2O2/c1-21-16-9-7-15(8-10-16)19-13-17(20)18-12-11-14-5-3-2-4-6-14/h2-10,19H,11-13H2,1H3,(H,18,20). The van der Waals surface area contributed by atoms with Gasteiger partial charge in [0.1, 0.15) is 5.75 Å². The highest BCUT2D eigenvalue weighted by Gasteiger charge is 2.01. The minimum absolute atomic E-state index is 0.0123. The van der Waals surface area contributed by atoms with Crippen LogP contribution in [0.25, 0.3) is 0 Å². The fourth-order valence-electron chi connectivity index (χ4n) is 1.94. The van der Waals surface area contributed by atoms with Crippen LogP contribution in [0.2, 0.25) is 0 Å². The number of carbonyl (C=O) groups is 1. The molecule has 4 heteroatoms.